The van der Waals surface area contributed by atoms with E-state index in [4.69, 9.17) is 19.2 Å². The second kappa shape index (κ2) is 9.54. The minimum absolute atomic E-state index is 0.507. The van der Waals surface area contributed by atoms with E-state index in [1.54, 1.807) is 7.11 Å². The summed E-state index contributed by atoms with van der Waals surface area (Å²) in [5.74, 6) is 2.20. The molecule has 3 aromatic heterocycles. The number of piperidine rings is 1. The summed E-state index contributed by atoms with van der Waals surface area (Å²) >= 11 is 0. The van der Waals surface area contributed by atoms with Gasteiger partial charge in [-0.3, -0.25) is 4.40 Å². The van der Waals surface area contributed by atoms with Crippen molar-refractivity contribution in [3.8, 4) is 22.9 Å². The van der Waals surface area contributed by atoms with E-state index in [2.05, 4.69) is 22.4 Å². The molecule has 7 nitrogen and oxygen atoms in total. The standard InChI is InChI=1S/C25H28N4O3/c1-30-13-14-31-20-9-12-29-22(16-27-24(29)15-20)21-6-5-19-3-2-4-23(25(19)28-21)32-17-18-7-10-26-11-8-18/h2-6,9,12,15-16,18,26H,7-8,10-11,13-14,17H2,1H3. The summed E-state index contributed by atoms with van der Waals surface area (Å²) in [4.78, 5) is 9.53. The van der Waals surface area contributed by atoms with Gasteiger partial charge in [0.25, 0.3) is 0 Å². The Bertz CT molecular complexity index is 1200. The van der Waals surface area contributed by atoms with E-state index in [1.165, 1.54) is 0 Å². The van der Waals surface area contributed by atoms with Gasteiger partial charge in [0, 0.05) is 24.8 Å². The first-order valence-corrected chi connectivity index (χ1v) is 11.1. The van der Waals surface area contributed by atoms with Gasteiger partial charge in [-0.15, -0.1) is 0 Å². The van der Waals surface area contributed by atoms with Crippen molar-refractivity contribution in [2.24, 2.45) is 5.92 Å². The molecule has 0 unspecified atom stereocenters. The highest BCUT2D eigenvalue weighted by Crippen LogP contribution is 2.29. The number of imidazole rings is 1. The molecule has 0 saturated carbocycles. The zero-order valence-electron chi connectivity index (χ0n) is 18.3. The van der Waals surface area contributed by atoms with Gasteiger partial charge in [-0.25, -0.2) is 9.97 Å². The van der Waals surface area contributed by atoms with Gasteiger partial charge >= 0.3 is 0 Å². The number of benzene rings is 1. The van der Waals surface area contributed by atoms with Crippen LogP contribution < -0.4 is 14.8 Å². The molecule has 0 bridgehead atoms. The van der Waals surface area contributed by atoms with Crippen molar-refractivity contribution < 1.29 is 14.2 Å². The fourth-order valence-electron chi connectivity index (χ4n) is 4.12. The van der Waals surface area contributed by atoms with Gasteiger partial charge in [0.2, 0.25) is 0 Å². The summed E-state index contributed by atoms with van der Waals surface area (Å²) in [5, 5.41) is 4.48. The van der Waals surface area contributed by atoms with E-state index in [9.17, 15) is 0 Å². The number of nitrogens with one attached hydrogen (secondary N) is 1. The molecule has 1 saturated heterocycles. The lowest BCUT2D eigenvalue weighted by Crippen LogP contribution is -2.30. The van der Waals surface area contributed by atoms with Gasteiger partial charge in [-0.1, -0.05) is 18.2 Å². The van der Waals surface area contributed by atoms with E-state index in [0.29, 0.717) is 19.1 Å². The Morgan fingerprint density at radius 2 is 1.97 bits per heavy atom. The molecule has 1 aliphatic heterocycles. The van der Waals surface area contributed by atoms with Crippen LogP contribution in [-0.2, 0) is 4.74 Å². The minimum Gasteiger partial charge on any atom is -0.491 e. The number of aromatic nitrogens is 3. The Labute approximate surface area is 187 Å². The molecule has 1 fully saturated rings. The van der Waals surface area contributed by atoms with E-state index < -0.39 is 0 Å². The summed E-state index contributed by atoms with van der Waals surface area (Å²) in [7, 11) is 1.66. The van der Waals surface area contributed by atoms with E-state index in [0.717, 1.165) is 72.0 Å². The molecule has 4 heterocycles. The predicted molar refractivity (Wildman–Crippen MR) is 124 cm³/mol. The SMILES string of the molecule is COCCOc1ccn2c(-c3ccc4cccc(OCC5CCNCC5)c4n3)cnc2c1. The molecule has 32 heavy (non-hydrogen) atoms. The number of methoxy groups -OCH3 is 1. The number of para-hydroxylation sites is 1. The van der Waals surface area contributed by atoms with Crippen LogP contribution in [0, 0.1) is 5.92 Å². The number of ether oxygens (including phenoxy) is 3. The zero-order chi connectivity index (χ0) is 21.8. The second-order valence-electron chi connectivity index (χ2n) is 8.10. The van der Waals surface area contributed by atoms with E-state index in [1.807, 2.05) is 47.1 Å². The molecule has 0 spiro atoms. The van der Waals surface area contributed by atoms with Gasteiger partial charge in [0.1, 0.15) is 29.3 Å². The molecule has 5 rings (SSSR count). The van der Waals surface area contributed by atoms with Gasteiger partial charge in [0.15, 0.2) is 0 Å². The molecular formula is C25H28N4O3. The van der Waals surface area contributed by atoms with Crippen LogP contribution in [0.25, 0.3) is 27.9 Å². The average Bonchev–Trinajstić information content (AvgIpc) is 3.26. The monoisotopic (exact) mass is 432 g/mol. The van der Waals surface area contributed by atoms with Gasteiger partial charge in [-0.05, 0) is 50.0 Å². The molecule has 1 N–H and O–H groups in total. The smallest absolute Gasteiger partial charge is 0.145 e. The molecule has 0 atom stereocenters. The molecule has 0 amide bonds. The first-order chi connectivity index (χ1) is 15.8. The zero-order valence-corrected chi connectivity index (χ0v) is 18.3. The van der Waals surface area contributed by atoms with Crippen LogP contribution in [0.5, 0.6) is 11.5 Å². The van der Waals surface area contributed by atoms with Crippen molar-refractivity contribution >= 4 is 16.6 Å². The molecule has 166 valence electrons. The molecule has 4 aromatic rings. The van der Waals surface area contributed by atoms with Crippen molar-refractivity contribution in [2.75, 3.05) is 40.0 Å². The van der Waals surface area contributed by atoms with Gasteiger partial charge in [-0.2, -0.15) is 0 Å². The fraction of sp³-hybridized carbons (Fsp3) is 0.360. The van der Waals surface area contributed by atoms with Crippen LogP contribution in [0.15, 0.2) is 54.9 Å². The first kappa shape index (κ1) is 20.7. The second-order valence-corrected chi connectivity index (χ2v) is 8.10. The molecule has 1 aromatic carbocycles. The normalized spacial score (nSPS) is 14.8. The maximum absolute atomic E-state index is 6.24. The van der Waals surface area contributed by atoms with E-state index in [-0.39, 0.29) is 0 Å². The molecule has 7 heteroatoms. The number of hydrogen-bond donors (Lipinski definition) is 1. The van der Waals surface area contributed by atoms with Crippen LogP contribution in [0.4, 0.5) is 0 Å². The van der Waals surface area contributed by atoms with Crippen molar-refractivity contribution in [1.29, 1.82) is 0 Å². The molecular weight excluding hydrogens is 404 g/mol. The maximum Gasteiger partial charge on any atom is 0.145 e. The summed E-state index contributed by atoms with van der Waals surface area (Å²) in [6.45, 7) is 3.92. The number of pyridine rings is 2. The third-order valence-electron chi connectivity index (χ3n) is 5.92. The van der Waals surface area contributed by atoms with Gasteiger partial charge < -0.3 is 19.5 Å². The lowest BCUT2D eigenvalue weighted by atomic mass is 9.99. The van der Waals surface area contributed by atoms with Crippen LogP contribution in [0.2, 0.25) is 0 Å². The summed E-state index contributed by atoms with van der Waals surface area (Å²) in [6, 6.07) is 14.1. The number of hydrogen-bond acceptors (Lipinski definition) is 6. The topological polar surface area (TPSA) is 69.9 Å². The van der Waals surface area contributed by atoms with Gasteiger partial charge in [0.05, 0.1) is 30.8 Å². The highest BCUT2D eigenvalue weighted by molar-refractivity contribution is 5.86. The van der Waals surface area contributed by atoms with Crippen LogP contribution in [0.3, 0.4) is 0 Å². The summed E-state index contributed by atoms with van der Waals surface area (Å²) in [6.07, 6.45) is 6.12. The predicted octanol–water partition coefficient (Wildman–Crippen LogP) is 3.95. The van der Waals surface area contributed by atoms with Crippen LogP contribution >= 0.6 is 0 Å². The lowest BCUT2D eigenvalue weighted by Gasteiger charge is -2.22. The highest BCUT2D eigenvalue weighted by atomic mass is 16.5. The largest absolute Gasteiger partial charge is 0.491 e. The number of rotatable bonds is 8. The third kappa shape index (κ3) is 4.40. The fourth-order valence-corrected chi connectivity index (χ4v) is 4.12. The van der Waals surface area contributed by atoms with Crippen LogP contribution in [-0.4, -0.2) is 54.4 Å². The Balaban J connectivity index is 1.42. The number of fused-ring (bicyclic) bond motifs is 2. The van der Waals surface area contributed by atoms with Crippen LogP contribution in [0.1, 0.15) is 12.8 Å². The lowest BCUT2D eigenvalue weighted by molar-refractivity contribution is 0.146. The first-order valence-electron chi connectivity index (χ1n) is 11.1. The molecule has 0 aliphatic carbocycles. The maximum atomic E-state index is 6.24. The Morgan fingerprint density at radius 1 is 1.06 bits per heavy atom. The van der Waals surface area contributed by atoms with Crippen molar-refractivity contribution in [1.82, 2.24) is 19.7 Å². The average molecular weight is 433 g/mol. The molecule has 1 aliphatic rings. The summed E-state index contributed by atoms with van der Waals surface area (Å²) < 4.78 is 19.0. The van der Waals surface area contributed by atoms with Crippen molar-refractivity contribution in [3.05, 3.63) is 54.9 Å². The van der Waals surface area contributed by atoms with Crippen molar-refractivity contribution in [2.45, 2.75) is 12.8 Å². The summed E-state index contributed by atoms with van der Waals surface area (Å²) in [5.41, 5.74) is 3.48. The third-order valence-corrected chi connectivity index (χ3v) is 5.92. The Hall–Kier alpha value is -3.16. The van der Waals surface area contributed by atoms with Crippen molar-refractivity contribution in [3.63, 3.8) is 0 Å². The highest BCUT2D eigenvalue weighted by Gasteiger charge is 2.15. The van der Waals surface area contributed by atoms with E-state index >= 15 is 0 Å². The number of nitrogens with zero attached hydrogens (tertiary/aromatic N) is 3. The Morgan fingerprint density at radius 3 is 2.84 bits per heavy atom. The quantitative estimate of drug-likeness (QED) is 0.425. The minimum atomic E-state index is 0.507. The Kier molecular flexibility index (Phi) is 6.18. The molecule has 0 radical (unpaired) electrons.